The lowest BCUT2D eigenvalue weighted by Crippen LogP contribution is -2.37. The first-order chi connectivity index (χ1) is 10.3. The smallest absolute Gasteiger partial charge is 0.186 e. The molecule has 110 valence electrons. The summed E-state index contributed by atoms with van der Waals surface area (Å²) in [5, 5.41) is 1.65. The molecule has 1 aromatic carbocycles. The van der Waals surface area contributed by atoms with Crippen molar-refractivity contribution >= 4 is 34.5 Å². The summed E-state index contributed by atoms with van der Waals surface area (Å²) in [7, 11) is 0. The summed E-state index contributed by atoms with van der Waals surface area (Å²) < 4.78 is 0. The summed E-state index contributed by atoms with van der Waals surface area (Å²) in [6.07, 6.45) is 2.11. The van der Waals surface area contributed by atoms with Gasteiger partial charge >= 0.3 is 0 Å². The van der Waals surface area contributed by atoms with E-state index in [-0.39, 0.29) is 0 Å². The second-order valence-corrected chi connectivity index (χ2v) is 7.46. The molecule has 1 aliphatic rings. The maximum atomic E-state index is 11.4. The Morgan fingerprint density at radius 3 is 2.90 bits per heavy atom. The van der Waals surface area contributed by atoms with Crippen LogP contribution in [0.4, 0.5) is 5.13 Å². The molecular formula is C16H18N2OS2. The zero-order valence-electron chi connectivity index (χ0n) is 12.0. The van der Waals surface area contributed by atoms with E-state index in [1.807, 2.05) is 42.1 Å². The van der Waals surface area contributed by atoms with Crippen LogP contribution in [0.1, 0.15) is 23.0 Å². The van der Waals surface area contributed by atoms with Crippen LogP contribution in [0.25, 0.3) is 11.3 Å². The van der Waals surface area contributed by atoms with Crippen LogP contribution >= 0.6 is 23.1 Å². The molecule has 3 nitrogen and oxygen atoms in total. The molecule has 0 bridgehead atoms. The van der Waals surface area contributed by atoms with Gasteiger partial charge in [0, 0.05) is 29.7 Å². The Hall–Kier alpha value is -1.33. The van der Waals surface area contributed by atoms with E-state index >= 15 is 0 Å². The van der Waals surface area contributed by atoms with Gasteiger partial charge in [-0.1, -0.05) is 48.6 Å². The highest BCUT2D eigenvalue weighted by Crippen LogP contribution is 2.34. The van der Waals surface area contributed by atoms with Gasteiger partial charge in [-0.3, -0.25) is 4.79 Å². The molecule has 1 aliphatic heterocycles. The average Bonchev–Trinajstić information content (AvgIpc) is 3.00. The largest absolute Gasteiger partial charge is 0.346 e. The lowest BCUT2D eigenvalue weighted by Gasteiger charge is -2.31. The van der Waals surface area contributed by atoms with E-state index in [0.29, 0.717) is 5.25 Å². The number of nitrogens with zero attached hydrogens (tertiary/aromatic N) is 2. The molecule has 0 saturated carbocycles. The highest BCUT2D eigenvalue weighted by molar-refractivity contribution is 8.00. The number of aromatic nitrogens is 1. The minimum absolute atomic E-state index is 0.669. The first-order valence-electron chi connectivity index (χ1n) is 7.19. The van der Waals surface area contributed by atoms with Crippen LogP contribution in [0.15, 0.2) is 30.3 Å². The van der Waals surface area contributed by atoms with Crippen molar-refractivity contribution in [1.82, 2.24) is 4.98 Å². The van der Waals surface area contributed by atoms with Gasteiger partial charge in [0.05, 0.1) is 10.6 Å². The van der Waals surface area contributed by atoms with Gasteiger partial charge in [0.15, 0.2) is 11.4 Å². The molecule has 2 heterocycles. The van der Waals surface area contributed by atoms with Crippen molar-refractivity contribution in [1.29, 1.82) is 0 Å². The summed E-state index contributed by atoms with van der Waals surface area (Å²) in [6, 6.07) is 9.95. The Morgan fingerprint density at radius 2 is 2.19 bits per heavy atom. The van der Waals surface area contributed by atoms with Crippen LogP contribution in [0.2, 0.25) is 0 Å². The minimum Gasteiger partial charge on any atom is -0.346 e. The normalized spacial score (nSPS) is 18.7. The molecule has 1 fully saturated rings. The van der Waals surface area contributed by atoms with Gasteiger partial charge in [0.1, 0.15) is 0 Å². The fourth-order valence-corrected chi connectivity index (χ4v) is 4.60. The van der Waals surface area contributed by atoms with E-state index in [0.717, 1.165) is 46.4 Å². The second kappa shape index (κ2) is 6.62. The number of aldehydes is 1. The van der Waals surface area contributed by atoms with Crippen LogP contribution < -0.4 is 4.90 Å². The molecule has 0 radical (unpaired) electrons. The van der Waals surface area contributed by atoms with Gasteiger partial charge in [0.25, 0.3) is 0 Å². The van der Waals surface area contributed by atoms with Crippen molar-refractivity contribution in [3.8, 4) is 11.3 Å². The molecule has 2 aromatic rings. The van der Waals surface area contributed by atoms with Crippen molar-refractivity contribution in [3.05, 3.63) is 35.2 Å². The number of rotatable bonds is 4. The zero-order valence-corrected chi connectivity index (χ0v) is 13.6. The first-order valence-corrected chi connectivity index (χ1v) is 9.06. The topological polar surface area (TPSA) is 33.2 Å². The third kappa shape index (κ3) is 3.14. The lowest BCUT2D eigenvalue weighted by atomic mass is 10.1. The zero-order chi connectivity index (χ0) is 14.7. The summed E-state index contributed by atoms with van der Waals surface area (Å²) in [5.74, 6) is 1.13. The highest BCUT2D eigenvalue weighted by atomic mass is 32.2. The first kappa shape index (κ1) is 14.6. The number of hydrogen-bond acceptors (Lipinski definition) is 5. The molecule has 0 N–H and O–H groups in total. The number of anilines is 1. The molecule has 0 spiro atoms. The minimum atomic E-state index is 0.669. The fraction of sp³-hybridized carbons (Fsp3) is 0.375. The number of thioether (sulfide) groups is 1. The van der Waals surface area contributed by atoms with Crippen molar-refractivity contribution in [3.63, 3.8) is 0 Å². The predicted octanol–water partition coefficient (Wildman–Crippen LogP) is 3.95. The van der Waals surface area contributed by atoms with Crippen LogP contribution in [0.3, 0.4) is 0 Å². The standard InChI is InChI=1S/C16H18N2OS2/c1-2-13-10-18(8-9-20-13)16-17-15(14(11-19)21-16)12-6-4-3-5-7-12/h3-7,11,13H,2,8-10H2,1H3. The van der Waals surface area contributed by atoms with Gasteiger partial charge in [0.2, 0.25) is 0 Å². The highest BCUT2D eigenvalue weighted by Gasteiger charge is 2.23. The summed E-state index contributed by atoms with van der Waals surface area (Å²) in [5.41, 5.74) is 1.83. The van der Waals surface area contributed by atoms with Gasteiger partial charge in [-0.05, 0) is 6.42 Å². The molecule has 1 atom stereocenters. The quantitative estimate of drug-likeness (QED) is 0.799. The molecule has 1 aromatic heterocycles. The molecule has 1 unspecified atom stereocenters. The molecular weight excluding hydrogens is 300 g/mol. The van der Waals surface area contributed by atoms with Crippen LogP contribution in [0, 0.1) is 0 Å². The Kier molecular flexibility index (Phi) is 4.60. The second-order valence-electron chi connectivity index (χ2n) is 5.04. The van der Waals surface area contributed by atoms with Crippen molar-refractivity contribution in [2.75, 3.05) is 23.7 Å². The Labute approximate surface area is 133 Å². The fourth-order valence-electron chi connectivity index (χ4n) is 2.48. The Morgan fingerprint density at radius 1 is 1.38 bits per heavy atom. The third-order valence-electron chi connectivity index (χ3n) is 3.66. The molecule has 1 saturated heterocycles. The molecule has 0 amide bonds. The Bertz CT molecular complexity index is 612. The van der Waals surface area contributed by atoms with Gasteiger partial charge < -0.3 is 4.90 Å². The van der Waals surface area contributed by atoms with Crippen molar-refractivity contribution in [2.45, 2.75) is 18.6 Å². The number of benzene rings is 1. The van der Waals surface area contributed by atoms with Crippen molar-refractivity contribution < 1.29 is 4.79 Å². The van der Waals surface area contributed by atoms with E-state index in [2.05, 4.69) is 11.8 Å². The van der Waals surface area contributed by atoms with Crippen LogP contribution in [-0.4, -0.2) is 35.4 Å². The van der Waals surface area contributed by atoms with Crippen LogP contribution in [-0.2, 0) is 0 Å². The molecule has 3 rings (SSSR count). The molecule has 5 heteroatoms. The predicted molar refractivity (Wildman–Crippen MR) is 91.7 cm³/mol. The third-order valence-corrected chi connectivity index (χ3v) is 6.07. The number of carbonyl (C=O) groups is 1. The van der Waals surface area contributed by atoms with E-state index in [9.17, 15) is 4.79 Å². The van der Waals surface area contributed by atoms with E-state index in [1.54, 1.807) is 0 Å². The van der Waals surface area contributed by atoms with Crippen LogP contribution in [0.5, 0.6) is 0 Å². The van der Waals surface area contributed by atoms with Crippen molar-refractivity contribution in [2.24, 2.45) is 0 Å². The SMILES string of the molecule is CCC1CN(c2nc(-c3ccccc3)c(C=O)s2)CCS1. The molecule has 0 aliphatic carbocycles. The summed E-state index contributed by atoms with van der Waals surface area (Å²) >= 11 is 3.55. The number of hydrogen-bond donors (Lipinski definition) is 0. The van der Waals surface area contributed by atoms with E-state index in [1.165, 1.54) is 17.8 Å². The average molecular weight is 318 g/mol. The van der Waals surface area contributed by atoms with Gasteiger partial charge in [-0.25, -0.2) is 4.98 Å². The number of carbonyl (C=O) groups excluding carboxylic acids is 1. The Balaban J connectivity index is 1.91. The maximum absolute atomic E-state index is 11.4. The number of thiazole rings is 1. The van der Waals surface area contributed by atoms with E-state index < -0.39 is 0 Å². The monoisotopic (exact) mass is 318 g/mol. The summed E-state index contributed by atoms with van der Waals surface area (Å²) in [6.45, 7) is 4.28. The maximum Gasteiger partial charge on any atom is 0.186 e. The molecule has 21 heavy (non-hydrogen) atoms. The van der Waals surface area contributed by atoms with E-state index in [4.69, 9.17) is 4.98 Å². The lowest BCUT2D eigenvalue weighted by molar-refractivity contribution is 0.112. The summed E-state index contributed by atoms with van der Waals surface area (Å²) in [4.78, 5) is 19.2. The van der Waals surface area contributed by atoms with Gasteiger partial charge in [-0.15, -0.1) is 0 Å². The van der Waals surface area contributed by atoms with Gasteiger partial charge in [-0.2, -0.15) is 11.8 Å².